The maximum absolute atomic E-state index is 5.06. The SMILES string of the molecule is C=CCC(=S)n1ccc(C)n1. The van der Waals surface area contributed by atoms with E-state index in [0.29, 0.717) is 6.42 Å². The number of aromatic nitrogens is 2. The number of hydrogen-bond donors (Lipinski definition) is 0. The van der Waals surface area contributed by atoms with Crippen LogP contribution in [0.25, 0.3) is 0 Å². The summed E-state index contributed by atoms with van der Waals surface area (Å²) in [7, 11) is 0. The van der Waals surface area contributed by atoms with Crippen LogP contribution in [0.5, 0.6) is 0 Å². The smallest absolute Gasteiger partial charge is 0.108 e. The topological polar surface area (TPSA) is 17.8 Å². The molecule has 0 bridgehead atoms. The third-order valence-corrected chi connectivity index (χ3v) is 1.65. The summed E-state index contributed by atoms with van der Waals surface area (Å²) in [6, 6.07) is 1.93. The number of rotatable bonds is 2. The lowest BCUT2D eigenvalue weighted by atomic mass is 10.4. The standard InChI is InChI=1S/C8H10N2S/c1-3-4-8(11)10-6-5-7(2)9-10/h3,5-6H,1,4H2,2H3. The van der Waals surface area contributed by atoms with Crippen LogP contribution < -0.4 is 0 Å². The van der Waals surface area contributed by atoms with Crippen LogP contribution in [0, 0.1) is 6.92 Å². The molecule has 0 aliphatic carbocycles. The second-order valence-electron chi connectivity index (χ2n) is 2.29. The van der Waals surface area contributed by atoms with Gasteiger partial charge in [0, 0.05) is 12.6 Å². The van der Waals surface area contributed by atoms with Crippen molar-refractivity contribution in [3.63, 3.8) is 0 Å². The zero-order valence-corrected chi connectivity index (χ0v) is 7.27. The Morgan fingerprint density at radius 1 is 1.91 bits per heavy atom. The van der Waals surface area contributed by atoms with Crippen molar-refractivity contribution in [3.05, 3.63) is 30.6 Å². The first-order valence-corrected chi connectivity index (χ1v) is 3.81. The first kappa shape index (κ1) is 8.14. The highest BCUT2D eigenvalue weighted by atomic mass is 32.1. The van der Waals surface area contributed by atoms with Crippen molar-refractivity contribution in [1.29, 1.82) is 0 Å². The van der Waals surface area contributed by atoms with Gasteiger partial charge in [0.1, 0.15) is 4.99 Å². The fraction of sp³-hybridized carbons (Fsp3) is 0.250. The number of allylic oxidation sites excluding steroid dienone is 1. The first-order valence-electron chi connectivity index (χ1n) is 3.40. The normalized spacial score (nSPS) is 9.55. The molecular weight excluding hydrogens is 156 g/mol. The van der Waals surface area contributed by atoms with Gasteiger partial charge < -0.3 is 0 Å². The highest BCUT2D eigenvalue weighted by Gasteiger charge is 1.97. The van der Waals surface area contributed by atoms with Crippen molar-refractivity contribution in [2.45, 2.75) is 13.3 Å². The molecule has 0 fully saturated rings. The van der Waals surface area contributed by atoms with Gasteiger partial charge in [0.2, 0.25) is 0 Å². The summed E-state index contributed by atoms with van der Waals surface area (Å²) in [5, 5.41) is 4.16. The van der Waals surface area contributed by atoms with Crippen LogP contribution >= 0.6 is 12.2 Å². The highest BCUT2D eigenvalue weighted by Crippen LogP contribution is 1.96. The van der Waals surface area contributed by atoms with E-state index in [1.807, 2.05) is 19.2 Å². The van der Waals surface area contributed by atoms with Crippen molar-refractivity contribution in [1.82, 2.24) is 9.78 Å². The Morgan fingerprint density at radius 3 is 3.09 bits per heavy atom. The molecule has 1 aromatic heterocycles. The fourth-order valence-corrected chi connectivity index (χ4v) is 0.991. The molecule has 0 aliphatic heterocycles. The predicted octanol–water partition coefficient (Wildman–Crippen LogP) is 1.94. The Kier molecular flexibility index (Phi) is 2.54. The summed E-state index contributed by atoms with van der Waals surface area (Å²) in [5.74, 6) is 0. The predicted molar refractivity (Wildman–Crippen MR) is 49.8 cm³/mol. The summed E-state index contributed by atoms with van der Waals surface area (Å²) in [5.41, 5.74) is 0.983. The van der Waals surface area contributed by atoms with Crippen LogP contribution in [0.2, 0.25) is 0 Å². The van der Waals surface area contributed by atoms with Crippen molar-refractivity contribution >= 4 is 17.2 Å². The third kappa shape index (κ3) is 1.98. The molecule has 1 rings (SSSR count). The monoisotopic (exact) mass is 166 g/mol. The summed E-state index contributed by atoms with van der Waals surface area (Å²) in [4.78, 5) is 0.785. The van der Waals surface area contributed by atoms with Crippen LogP contribution in [-0.2, 0) is 0 Å². The van der Waals surface area contributed by atoms with Gasteiger partial charge in [-0.05, 0) is 13.0 Å². The minimum absolute atomic E-state index is 0.705. The van der Waals surface area contributed by atoms with Crippen molar-refractivity contribution in [2.75, 3.05) is 0 Å². The van der Waals surface area contributed by atoms with E-state index in [-0.39, 0.29) is 0 Å². The Labute approximate surface area is 71.5 Å². The quantitative estimate of drug-likeness (QED) is 0.493. The molecule has 0 spiro atoms. The van der Waals surface area contributed by atoms with Gasteiger partial charge in [0.25, 0.3) is 0 Å². The maximum Gasteiger partial charge on any atom is 0.108 e. The van der Waals surface area contributed by atoms with E-state index in [4.69, 9.17) is 12.2 Å². The second kappa shape index (κ2) is 3.44. The zero-order valence-electron chi connectivity index (χ0n) is 6.45. The molecule has 0 aromatic carbocycles. The Balaban J connectivity index is 2.76. The molecule has 0 unspecified atom stereocenters. The van der Waals surface area contributed by atoms with E-state index in [2.05, 4.69) is 11.7 Å². The van der Waals surface area contributed by atoms with Crippen molar-refractivity contribution in [3.8, 4) is 0 Å². The average Bonchev–Trinajstić information content (AvgIpc) is 2.36. The highest BCUT2D eigenvalue weighted by molar-refractivity contribution is 7.80. The average molecular weight is 166 g/mol. The Hall–Kier alpha value is -0.960. The molecule has 58 valence electrons. The molecule has 0 aliphatic rings. The third-order valence-electron chi connectivity index (χ3n) is 1.30. The van der Waals surface area contributed by atoms with Gasteiger partial charge in [-0.3, -0.25) is 0 Å². The van der Waals surface area contributed by atoms with Crippen molar-refractivity contribution < 1.29 is 0 Å². The molecule has 0 radical (unpaired) electrons. The number of aryl methyl sites for hydroxylation is 1. The number of thiocarbonyl (C=S) groups is 1. The minimum Gasteiger partial charge on any atom is -0.234 e. The van der Waals surface area contributed by atoms with Gasteiger partial charge in [0.15, 0.2) is 0 Å². The lowest BCUT2D eigenvalue weighted by Crippen LogP contribution is -2.08. The lowest BCUT2D eigenvalue weighted by molar-refractivity contribution is 0.912. The summed E-state index contributed by atoms with van der Waals surface area (Å²) in [6.45, 7) is 5.54. The van der Waals surface area contributed by atoms with Gasteiger partial charge >= 0.3 is 0 Å². The van der Waals surface area contributed by atoms with Crippen molar-refractivity contribution in [2.24, 2.45) is 0 Å². The molecule has 2 nitrogen and oxygen atoms in total. The molecule has 11 heavy (non-hydrogen) atoms. The van der Waals surface area contributed by atoms with E-state index >= 15 is 0 Å². The van der Waals surface area contributed by atoms with Crippen LogP contribution in [0.1, 0.15) is 12.1 Å². The number of nitrogens with zero attached hydrogens (tertiary/aromatic N) is 2. The Morgan fingerprint density at radius 2 is 2.64 bits per heavy atom. The fourth-order valence-electron chi connectivity index (χ4n) is 0.771. The molecule has 3 heteroatoms. The molecule has 0 atom stereocenters. The van der Waals surface area contributed by atoms with Crippen LogP contribution in [0.4, 0.5) is 0 Å². The largest absolute Gasteiger partial charge is 0.234 e. The number of hydrogen-bond acceptors (Lipinski definition) is 2. The van der Waals surface area contributed by atoms with E-state index in [1.165, 1.54) is 0 Å². The Bertz CT molecular complexity index is 275. The molecule has 0 saturated heterocycles. The lowest BCUT2D eigenvalue weighted by Gasteiger charge is -1.97. The van der Waals surface area contributed by atoms with E-state index < -0.39 is 0 Å². The maximum atomic E-state index is 5.06. The van der Waals surface area contributed by atoms with Gasteiger partial charge in [-0.15, -0.1) is 6.58 Å². The zero-order chi connectivity index (χ0) is 8.27. The molecule has 0 amide bonds. The van der Waals surface area contributed by atoms with Gasteiger partial charge in [-0.25, -0.2) is 4.68 Å². The van der Waals surface area contributed by atoms with Crippen LogP contribution in [0.3, 0.4) is 0 Å². The summed E-state index contributed by atoms with van der Waals surface area (Å²) in [6.07, 6.45) is 4.34. The first-order chi connectivity index (χ1) is 5.24. The molecule has 1 aromatic rings. The second-order valence-corrected chi connectivity index (χ2v) is 2.76. The van der Waals surface area contributed by atoms with Gasteiger partial charge in [-0.1, -0.05) is 18.3 Å². The van der Waals surface area contributed by atoms with Gasteiger partial charge in [0.05, 0.1) is 5.69 Å². The summed E-state index contributed by atoms with van der Waals surface area (Å²) < 4.78 is 1.70. The molecular formula is C8H10N2S. The van der Waals surface area contributed by atoms with E-state index in [9.17, 15) is 0 Å². The van der Waals surface area contributed by atoms with E-state index in [1.54, 1.807) is 10.8 Å². The summed E-state index contributed by atoms with van der Waals surface area (Å²) >= 11 is 5.06. The van der Waals surface area contributed by atoms with Crippen LogP contribution in [0.15, 0.2) is 24.9 Å². The molecule has 0 saturated carbocycles. The molecule has 0 N–H and O–H groups in total. The minimum atomic E-state index is 0.705. The molecule has 1 heterocycles. The van der Waals surface area contributed by atoms with E-state index in [0.717, 1.165) is 10.7 Å². The van der Waals surface area contributed by atoms with Gasteiger partial charge in [-0.2, -0.15) is 5.10 Å². The van der Waals surface area contributed by atoms with Crippen LogP contribution in [-0.4, -0.2) is 14.8 Å².